The topological polar surface area (TPSA) is 115 Å². The van der Waals surface area contributed by atoms with Gasteiger partial charge in [0.15, 0.2) is 0 Å². The summed E-state index contributed by atoms with van der Waals surface area (Å²) in [6.45, 7) is 4.39. The first-order valence-electron chi connectivity index (χ1n) is 5.59. The molecule has 3 N–H and O–H groups in total. The standard InChI is InChI=1S/C9H8N4.C4H7NO/c1-6-2-7(4-10)8(5-11)3-9(6)13-12;1-2-3-5-4-6/h2-3,13H,12H2,1H3;2-3H2,1H3. The normalized spacial score (nSPS) is 8.05. The van der Waals surface area contributed by atoms with E-state index in [0.29, 0.717) is 23.4 Å². The van der Waals surface area contributed by atoms with E-state index in [1.54, 1.807) is 12.1 Å². The second-order valence-corrected chi connectivity index (χ2v) is 3.55. The van der Waals surface area contributed by atoms with Crippen LogP contribution in [0.4, 0.5) is 5.69 Å². The molecule has 0 aliphatic heterocycles. The first-order chi connectivity index (χ1) is 9.14. The Bertz CT molecular complexity index is 547. The third-order valence-corrected chi connectivity index (χ3v) is 2.16. The van der Waals surface area contributed by atoms with Gasteiger partial charge in [0.1, 0.15) is 12.1 Å². The van der Waals surface area contributed by atoms with E-state index in [2.05, 4.69) is 10.4 Å². The highest BCUT2D eigenvalue weighted by Gasteiger charge is 2.05. The van der Waals surface area contributed by atoms with Crippen LogP contribution >= 0.6 is 0 Å². The van der Waals surface area contributed by atoms with Crippen LogP contribution in [-0.4, -0.2) is 12.6 Å². The Labute approximate surface area is 112 Å². The number of nitrogens with one attached hydrogen (secondary N) is 1. The summed E-state index contributed by atoms with van der Waals surface area (Å²) in [4.78, 5) is 12.6. The van der Waals surface area contributed by atoms with Gasteiger partial charge in [-0.25, -0.2) is 9.79 Å². The lowest BCUT2D eigenvalue weighted by molar-refractivity contribution is 0.562. The minimum Gasteiger partial charge on any atom is -0.324 e. The summed E-state index contributed by atoms with van der Waals surface area (Å²) in [6.07, 6.45) is 2.37. The van der Waals surface area contributed by atoms with Gasteiger partial charge < -0.3 is 5.43 Å². The SMILES string of the molecule is CCCN=C=O.Cc1cc(C#N)c(C#N)cc1NN. The zero-order valence-corrected chi connectivity index (χ0v) is 10.9. The number of nitrogen functional groups attached to an aromatic ring is 1. The van der Waals surface area contributed by atoms with Crippen LogP contribution < -0.4 is 11.3 Å². The molecule has 0 saturated heterocycles. The maximum atomic E-state index is 9.27. The van der Waals surface area contributed by atoms with Crippen LogP contribution in [0.25, 0.3) is 0 Å². The zero-order valence-electron chi connectivity index (χ0n) is 10.9. The predicted molar refractivity (Wildman–Crippen MR) is 71.7 cm³/mol. The Morgan fingerprint density at radius 2 is 1.89 bits per heavy atom. The van der Waals surface area contributed by atoms with Crippen LogP contribution in [0.15, 0.2) is 17.1 Å². The number of hydrazine groups is 1. The van der Waals surface area contributed by atoms with Gasteiger partial charge >= 0.3 is 0 Å². The molecule has 0 aliphatic rings. The van der Waals surface area contributed by atoms with E-state index < -0.39 is 0 Å². The number of nitrogens with zero attached hydrogens (tertiary/aromatic N) is 3. The van der Waals surface area contributed by atoms with Gasteiger partial charge in [0.25, 0.3) is 0 Å². The third-order valence-electron chi connectivity index (χ3n) is 2.16. The highest BCUT2D eigenvalue weighted by molar-refractivity contribution is 5.60. The lowest BCUT2D eigenvalue weighted by Crippen LogP contribution is -2.08. The van der Waals surface area contributed by atoms with Gasteiger partial charge in [-0.3, -0.25) is 5.84 Å². The molecule has 0 heterocycles. The molecule has 6 nitrogen and oxygen atoms in total. The number of carbonyl (C=O) groups excluding carboxylic acids is 1. The summed E-state index contributed by atoms with van der Waals surface area (Å²) in [5.41, 5.74) is 4.68. The van der Waals surface area contributed by atoms with Crippen molar-refractivity contribution in [1.29, 1.82) is 10.5 Å². The summed E-state index contributed by atoms with van der Waals surface area (Å²) >= 11 is 0. The highest BCUT2D eigenvalue weighted by atomic mass is 16.1. The van der Waals surface area contributed by atoms with Crippen molar-refractivity contribution in [2.75, 3.05) is 12.0 Å². The molecule has 0 unspecified atom stereocenters. The summed E-state index contributed by atoms with van der Waals surface area (Å²) in [5, 5.41) is 17.4. The van der Waals surface area contributed by atoms with E-state index in [1.807, 2.05) is 26.0 Å². The maximum absolute atomic E-state index is 9.27. The molecular formula is C13H15N5O. The molecule has 1 aromatic rings. The number of benzene rings is 1. The minimum absolute atomic E-state index is 0.334. The van der Waals surface area contributed by atoms with E-state index >= 15 is 0 Å². The Morgan fingerprint density at radius 1 is 1.32 bits per heavy atom. The molecule has 0 atom stereocenters. The number of hydrogen-bond donors (Lipinski definition) is 2. The summed E-state index contributed by atoms with van der Waals surface area (Å²) in [7, 11) is 0. The monoisotopic (exact) mass is 257 g/mol. The number of aliphatic imine (C=N–C) groups is 1. The van der Waals surface area contributed by atoms with Crippen molar-refractivity contribution >= 4 is 11.8 Å². The van der Waals surface area contributed by atoms with Gasteiger partial charge in [0.05, 0.1) is 23.4 Å². The van der Waals surface area contributed by atoms with Crippen LogP contribution in [-0.2, 0) is 4.79 Å². The first-order valence-corrected chi connectivity index (χ1v) is 5.59. The molecule has 0 aromatic heterocycles. The lowest BCUT2D eigenvalue weighted by atomic mass is 10.0. The van der Waals surface area contributed by atoms with Crippen LogP contribution in [0.3, 0.4) is 0 Å². The largest absolute Gasteiger partial charge is 0.324 e. The fourth-order valence-electron chi connectivity index (χ4n) is 1.21. The van der Waals surface area contributed by atoms with Crippen molar-refractivity contribution in [3.8, 4) is 12.1 Å². The smallest absolute Gasteiger partial charge is 0.234 e. The number of anilines is 1. The average molecular weight is 257 g/mol. The molecule has 0 bridgehead atoms. The van der Waals surface area contributed by atoms with Crippen molar-refractivity contribution in [1.82, 2.24) is 0 Å². The van der Waals surface area contributed by atoms with Crippen molar-refractivity contribution in [3.63, 3.8) is 0 Å². The van der Waals surface area contributed by atoms with Gasteiger partial charge in [0.2, 0.25) is 6.08 Å². The molecule has 98 valence electrons. The number of nitrogens with two attached hydrogens (primary N) is 1. The fraction of sp³-hybridized carbons (Fsp3) is 0.308. The number of rotatable bonds is 3. The molecule has 1 rings (SSSR count). The fourth-order valence-corrected chi connectivity index (χ4v) is 1.21. The molecule has 19 heavy (non-hydrogen) atoms. The molecule has 0 fully saturated rings. The molecule has 0 radical (unpaired) electrons. The van der Waals surface area contributed by atoms with E-state index in [4.69, 9.17) is 16.4 Å². The third kappa shape index (κ3) is 5.47. The predicted octanol–water partition coefficient (Wildman–Crippen LogP) is 1.76. The lowest BCUT2D eigenvalue weighted by Gasteiger charge is -2.05. The second-order valence-electron chi connectivity index (χ2n) is 3.55. The maximum Gasteiger partial charge on any atom is 0.234 e. The average Bonchev–Trinajstić information content (AvgIpc) is 2.45. The van der Waals surface area contributed by atoms with Crippen molar-refractivity contribution in [2.45, 2.75) is 20.3 Å². The van der Waals surface area contributed by atoms with Crippen LogP contribution in [0.2, 0.25) is 0 Å². The highest BCUT2D eigenvalue weighted by Crippen LogP contribution is 2.18. The molecular weight excluding hydrogens is 242 g/mol. The van der Waals surface area contributed by atoms with Crippen molar-refractivity contribution < 1.29 is 4.79 Å². The van der Waals surface area contributed by atoms with Gasteiger partial charge in [-0.2, -0.15) is 10.5 Å². The Kier molecular flexibility index (Phi) is 8.07. The van der Waals surface area contributed by atoms with Crippen LogP contribution in [0.5, 0.6) is 0 Å². The summed E-state index contributed by atoms with van der Waals surface area (Å²) in [6, 6.07) is 7.07. The Morgan fingerprint density at radius 3 is 2.26 bits per heavy atom. The van der Waals surface area contributed by atoms with Gasteiger partial charge in [0, 0.05) is 0 Å². The summed E-state index contributed by atoms with van der Waals surface area (Å²) < 4.78 is 0. The molecule has 0 amide bonds. The molecule has 0 saturated carbocycles. The van der Waals surface area contributed by atoms with E-state index in [9.17, 15) is 4.79 Å². The van der Waals surface area contributed by atoms with Gasteiger partial charge in [-0.1, -0.05) is 6.92 Å². The molecule has 0 spiro atoms. The minimum atomic E-state index is 0.334. The van der Waals surface area contributed by atoms with Gasteiger partial charge in [-0.05, 0) is 31.0 Å². The van der Waals surface area contributed by atoms with E-state index in [1.165, 1.54) is 6.08 Å². The summed E-state index contributed by atoms with van der Waals surface area (Å²) in [5.74, 6) is 5.22. The van der Waals surface area contributed by atoms with Gasteiger partial charge in [-0.15, -0.1) is 0 Å². The number of aryl methyl sites for hydroxylation is 1. The number of hydrogen-bond acceptors (Lipinski definition) is 6. The molecule has 1 aromatic carbocycles. The van der Waals surface area contributed by atoms with Crippen molar-refractivity contribution in [2.24, 2.45) is 10.8 Å². The van der Waals surface area contributed by atoms with E-state index in [-0.39, 0.29) is 0 Å². The Hall–Kier alpha value is -2.66. The Balaban J connectivity index is 0.000000459. The van der Waals surface area contributed by atoms with E-state index in [0.717, 1.165) is 12.0 Å². The quantitative estimate of drug-likeness (QED) is 0.370. The molecule has 0 aliphatic carbocycles. The van der Waals surface area contributed by atoms with Crippen LogP contribution in [0.1, 0.15) is 30.0 Å². The molecule has 6 heteroatoms. The van der Waals surface area contributed by atoms with Crippen molar-refractivity contribution in [3.05, 3.63) is 28.8 Å². The van der Waals surface area contributed by atoms with Crippen LogP contribution in [0, 0.1) is 29.6 Å². The number of nitriles is 2. The second kappa shape index (κ2) is 9.38. The first kappa shape index (κ1) is 16.3. The zero-order chi connectivity index (χ0) is 14.7. The number of isocyanates is 1.